The van der Waals surface area contributed by atoms with Crippen molar-refractivity contribution in [2.24, 2.45) is 5.92 Å². The van der Waals surface area contributed by atoms with Crippen LogP contribution in [0.3, 0.4) is 0 Å². The molecule has 0 heterocycles. The molecule has 0 saturated heterocycles. The van der Waals surface area contributed by atoms with E-state index in [4.69, 9.17) is 37.0 Å². The largest absolute Gasteiger partial charge is 0.472 e. The molecule has 0 amide bonds. The zero-order chi connectivity index (χ0) is 65.6. The highest BCUT2D eigenvalue weighted by Gasteiger charge is 2.30. The van der Waals surface area contributed by atoms with Gasteiger partial charge in [0.1, 0.15) is 19.3 Å². The lowest BCUT2D eigenvalue weighted by molar-refractivity contribution is -0.161. The number of carbonyl (C=O) groups is 4. The van der Waals surface area contributed by atoms with E-state index in [1.165, 1.54) is 122 Å². The molecule has 0 aromatic heterocycles. The van der Waals surface area contributed by atoms with E-state index in [-0.39, 0.29) is 25.7 Å². The minimum Gasteiger partial charge on any atom is -0.462 e. The summed E-state index contributed by atoms with van der Waals surface area (Å²) in [7, 11) is -9.89. The van der Waals surface area contributed by atoms with Gasteiger partial charge in [-0.05, 0) is 57.3 Å². The van der Waals surface area contributed by atoms with Gasteiger partial charge in [-0.25, -0.2) is 9.13 Å². The van der Waals surface area contributed by atoms with Crippen LogP contribution in [0.25, 0.3) is 0 Å². The molecule has 0 aliphatic rings. The Labute approximate surface area is 542 Å². The van der Waals surface area contributed by atoms with Crippen LogP contribution >= 0.6 is 15.6 Å². The number of phosphoric ester groups is 2. The number of esters is 4. The minimum atomic E-state index is -4.96. The first-order chi connectivity index (χ1) is 43.1. The van der Waals surface area contributed by atoms with Crippen LogP contribution in [0.2, 0.25) is 0 Å². The molecule has 0 saturated carbocycles. The Hall–Kier alpha value is -2.46. The second kappa shape index (κ2) is 63.0. The molecule has 0 bridgehead atoms. The zero-order valence-corrected chi connectivity index (χ0v) is 58.8. The lowest BCUT2D eigenvalue weighted by Crippen LogP contribution is -2.30. The Morgan fingerprint density at radius 1 is 0.360 bits per heavy atom. The van der Waals surface area contributed by atoms with Crippen molar-refractivity contribution in [1.29, 1.82) is 0 Å². The summed E-state index contributed by atoms with van der Waals surface area (Å²) in [6.45, 7) is 7.10. The lowest BCUT2D eigenvalue weighted by Gasteiger charge is -2.21. The number of rotatable bonds is 68. The van der Waals surface area contributed by atoms with Crippen molar-refractivity contribution in [2.45, 2.75) is 355 Å². The monoisotopic (exact) mass is 1310 g/mol. The van der Waals surface area contributed by atoms with Gasteiger partial charge in [0.25, 0.3) is 0 Å². The van der Waals surface area contributed by atoms with Gasteiger partial charge in [0.2, 0.25) is 0 Å². The molecule has 89 heavy (non-hydrogen) atoms. The molecule has 524 valence electrons. The SMILES string of the molecule is CCCCCC/C=C\C=C/CCCCCCCC(=O)OC[C@H](COP(=O)(O)OC[C@@H](O)COP(=O)(O)OC[C@@H](COC(=O)CCCCCCC)OC(=O)CCCCCCCCC)OC(=O)CCCCCCCCCCCCCCCCCCCCC(C)CC. The number of allylic oxidation sites excluding steroid dienone is 4. The average Bonchev–Trinajstić information content (AvgIpc) is 3.64. The second-order valence-corrected chi connectivity index (χ2v) is 27.7. The van der Waals surface area contributed by atoms with E-state index in [0.717, 1.165) is 134 Å². The molecule has 0 fully saturated rings. The highest BCUT2D eigenvalue weighted by atomic mass is 31.2. The molecule has 0 aliphatic heterocycles. The van der Waals surface area contributed by atoms with E-state index < -0.39 is 97.5 Å². The zero-order valence-electron chi connectivity index (χ0n) is 57.0. The highest BCUT2D eigenvalue weighted by molar-refractivity contribution is 7.47. The Balaban J connectivity index is 5.11. The van der Waals surface area contributed by atoms with E-state index in [1.807, 2.05) is 0 Å². The Kier molecular flexibility index (Phi) is 61.2. The lowest BCUT2D eigenvalue weighted by atomic mass is 9.99. The number of hydrogen-bond acceptors (Lipinski definition) is 15. The average molecular weight is 1310 g/mol. The summed E-state index contributed by atoms with van der Waals surface area (Å²) in [5.74, 6) is -1.30. The maximum atomic E-state index is 13.0. The summed E-state index contributed by atoms with van der Waals surface area (Å²) in [6.07, 6.45) is 52.8. The fourth-order valence-corrected chi connectivity index (χ4v) is 11.6. The first-order valence-electron chi connectivity index (χ1n) is 36.0. The van der Waals surface area contributed by atoms with Crippen LogP contribution < -0.4 is 0 Å². The number of aliphatic hydroxyl groups excluding tert-OH is 1. The van der Waals surface area contributed by atoms with Crippen LogP contribution in [0.4, 0.5) is 0 Å². The predicted octanol–water partition coefficient (Wildman–Crippen LogP) is 19.7. The molecular weight excluding hydrogens is 1170 g/mol. The second-order valence-electron chi connectivity index (χ2n) is 24.8. The van der Waals surface area contributed by atoms with Crippen molar-refractivity contribution in [3.05, 3.63) is 24.3 Å². The summed E-state index contributed by atoms with van der Waals surface area (Å²) in [6, 6.07) is 0. The normalized spacial score (nSPS) is 14.6. The number of unbranched alkanes of at least 4 members (excludes halogenated alkanes) is 36. The van der Waals surface area contributed by atoms with Gasteiger partial charge in [0.05, 0.1) is 26.4 Å². The topological polar surface area (TPSA) is 237 Å². The number of hydrogen-bond donors (Lipinski definition) is 3. The third-order valence-electron chi connectivity index (χ3n) is 16.0. The van der Waals surface area contributed by atoms with Crippen molar-refractivity contribution < 1.29 is 80.2 Å². The predicted molar refractivity (Wildman–Crippen MR) is 358 cm³/mol. The van der Waals surface area contributed by atoms with E-state index in [9.17, 15) is 43.2 Å². The van der Waals surface area contributed by atoms with Gasteiger partial charge in [0.15, 0.2) is 12.2 Å². The van der Waals surface area contributed by atoms with Crippen molar-refractivity contribution in [1.82, 2.24) is 0 Å². The first kappa shape index (κ1) is 86.5. The van der Waals surface area contributed by atoms with E-state index in [1.54, 1.807) is 0 Å². The van der Waals surface area contributed by atoms with Crippen molar-refractivity contribution in [3.8, 4) is 0 Å². The van der Waals surface area contributed by atoms with Crippen molar-refractivity contribution >= 4 is 39.5 Å². The summed E-state index contributed by atoms with van der Waals surface area (Å²) in [5, 5.41) is 10.5. The van der Waals surface area contributed by atoms with E-state index in [0.29, 0.717) is 25.7 Å². The minimum absolute atomic E-state index is 0.101. The standard InChI is InChI=1S/C70H132O17P2/c1-6-10-13-16-18-19-20-21-26-30-33-36-40-44-49-54-68(73)81-60-66(87-70(75)56-51-46-41-37-34-31-28-25-23-22-24-27-29-32-35-39-43-47-52-63(5)9-4)62-85-89(78,79)83-58-64(71)57-82-88(76,77)84-61-65(59-80-67(72)53-48-42-15-12-8-3)86-69(74)55-50-45-38-17-14-11-7-2/h19-21,26,63-66,71H,6-18,22-25,27-62H2,1-5H3,(H,76,77)(H,78,79)/b20-19-,26-21-/t63?,64-,65+,66+/m0/s1. The summed E-state index contributed by atoms with van der Waals surface area (Å²) < 4.78 is 67.8. The quantitative estimate of drug-likeness (QED) is 0.0169. The Bertz CT molecular complexity index is 1810. The number of phosphoric acid groups is 2. The number of carbonyl (C=O) groups excluding carboxylic acids is 4. The Morgan fingerprint density at radius 3 is 0.955 bits per heavy atom. The maximum absolute atomic E-state index is 13.0. The van der Waals surface area contributed by atoms with Crippen LogP contribution in [-0.2, 0) is 65.4 Å². The molecule has 19 heteroatoms. The van der Waals surface area contributed by atoms with E-state index in [2.05, 4.69) is 58.9 Å². The molecule has 0 rings (SSSR count). The van der Waals surface area contributed by atoms with Gasteiger partial charge in [-0.1, -0.05) is 284 Å². The number of ether oxygens (including phenoxy) is 4. The van der Waals surface area contributed by atoms with E-state index >= 15 is 0 Å². The fourth-order valence-electron chi connectivity index (χ4n) is 10.1. The molecule has 0 spiro atoms. The molecule has 0 aliphatic carbocycles. The Morgan fingerprint density at radius 2 is 0.629 bits per heavy atom. The van der Waals surface area contributed by atoms with Gasteiger partial charge in [-0.3, -0.25) is 37.3 Å². The van der Waals surface area contributed by atoms with Crippen LogP contribution in [-0.4, -0.2) is 96.7 Å². The number of aliphatic hydroxyl groups is 1. The first-order valence-corrected chi connectivity index (χ1v) is 39.0. The van der Waals surface area contributed by atoms with Crippen LogP contribution in [0.5, 0.6) is 0 Å². The third-order valence-corrected chi connectivity index (χ3v) is 17.9. The third kappa shape index (κ3) is 62.7. The summed E-state index contributed by atoms with van der Waals surface area (Å²) in [5.41, 5.74) is 0. The molecule has 0 radical (unpaired) electrons. The molecular formula is C70H132O17P2. The highest BCUT2D eigenvalue weighted by Crippen LogP contribution is 2.45. The van der Waals surface area contributed by atoms with Crippen LogP contribution in [0.1, 0.15) is 336 Å². The molecule has 0 aromatic rings. The van der Waals surface area contributed by atoms with Gasteiger partial charge < -0.3 is 33.8 Å². The molecule has 0 aromatic carbocycles. The summed E-state index contributed by atoms with van der Waals surface area (Å²) >= 11 is 0. The van der Waals surface area contributed by atoms with Gasteiger partial charge in [-0.15, -0.1) is 0 Å². The maximum Gasteiger partial charge on any atom is 0.472 e. The van der Waals surface area contributed by atoms with Gasteiger partial charge >= 0.3 is 39.5 Å². The summed E-state index contributed by atoms with van der Waals surface area (Å²) in [4.78, 5) is 72.0. The van der Waals surface area contributed by atoms with Crippen LogP contribution in [0.15, 0.2) is 24.3 Å². The molecule has 6 atom stereocenters. The van der Waals surface area contributed by atoms with Gasteiger partial charge in [0, 0.05) is 25.7 Å². The smallest absolute Gasteiger partial charge is 0.462 e. The molecule has 3 N–H and O–H groups in total. The van der Waals surface area contributed by atoms with Crippen LogP contribution in [0, 0.1) is 5.92 Å². The van der Waals surface area contributed by atoms with Crippen molar-refractivity contribution in [3.63, 3.8) is 0 Å². The van der Waals surface area contributed by atoms with Gasteiger partial charge in [-0.2, -0.15) is 0 Å². The molecule has 17 nitrogen and oxygen atoms in total. The fraction of sp³-hybridized carbons (Fsp3) is 0.886. The molecule has 3 unspecified atom stereocenters. The van der Waals surface area contributed by atoms with Crippen molar-refractivity contribution in [2.75, 3.05) is 39.6 Å².